The monoisotopic (exact) mass is 268 g/mol. The highest BCUT2D eigenvalue weighted by molar-refractivity contribution is 6.13. The molecule has 2 aromatic carbocycles. The summed E-state index contributed by atoms with van der Waals surface area (Å²) < 4.78 is 12.9. The molecular formula is C17H13FO2. The van der Waals surface area contributed by atoms with Crippen molar-refractivity contribution in [2.24, 2.45) is 0 Å². The largest absolute Gasteiger partial charge is 0.388 e. The van der Waals surface area contributed by atoms with Gasteiger partial charge in [0, 0.05) is 17.6 Å². The van der Waals surface area contributed by atoms with Gasteiger partial charge >= 0.3 is 0 Å². The van der Waals surface area contributed by atoms with E-state index in [1.165, 1.54) is 12.1 Å². The lowest BCUT2D eigenvalue weighted by Gasteiger charge is -2.22. The Labute approximate surface area is 116 Å². The molecule has 0 aliphatic heterocycles. The molecule has 0 heterocycles. The Morgan fingerprint density at radius 2 is 1.80 bits per heavy atom. The molecule has 2 nitrogen and oxygen atoms in total. The summed E-state index contributed by atoms with van der Waals surface area (Å²) >= 11 is 0. The number of hydrogen-bond acceptors (Lipinski definition) is 2. The Hall–Kier alpha value is -2.26. The number of carbonyl (C=O) groups is 1. The zero-order valence-electron chi connectivity index (χ0n) is 10.7. The van der Waals surface area contributed by atoms with Crippen LogP contribution in [-0.2, 0) is 0 Å². The van der Waals surface area contributed by atoms with Gasteiger partial charge in [-0.15, -0.1) is 0 Å². The standard InChI is InChI=1S/C17H13FO2/c18-13-7-5-11(6-8-13)9-12-10-16(19)14-3-1-2-4-15(14)17(12)20/h1-9,16,19H,10H2/b12-9+/t16-/m0/s1. The average molecular weight is 268 g/mol. The predicted molar refractivity (Wildman–Crippen MR) is 74.7 cm³/mol. The number of Topliss-reactive ketones (excluding diaryl/α,β-unsaturated/α-hetero) is 1. The molecule has 2 aromatic rings. The first-order valence-electron chi connectivity index (χ1n) is 6.43. The molecule has 0 saturated heterocycles. The number of rotatable bonds is 1. The Kier molecular flexibility index (Phi) is 3.20. The Morgan fingerprint density at radius 1 is 1.10 bits per heavy atom. The van der Waals surface area contributed by atoms with E-state index in [-0.39, 0.29) is 18.0 Å². The van der Waals surface area contributed by atoms with Crippen LogP contribution in [0.1, 0.15) is 34.0 Å². The minimum atomic E-state index is -0.671. The molecule has 1 aliphatic carbocycles. The van der Waals surface area contributed by atoms with Crippen LogP contribution in [-0.4, -0.2) is 10.9 Å². The van der Waals surface area contributed by atoms with Gasteiger partial charge in [-0.2, -0.15) is 0 Å². The topological polar surface area (TPSA) is 37.3 Å². The van der Waals surface area contributed by atoms with Crippen LogP contribution < -0.4 is 0 Å². The van der Waals surface area contributed by atoms with E-state index < -0.39 is 6.10 Å². The van der Waals surface area contributed by atoms with Gasteiger partial charge in [0.25, 0.3) is 0 Å². The van der Waals surface area contributed by atoms with E-state index in [0.29, 0.717) is 16.7 Å². The maximum absolute atomic E-state index is 12.9. The Bertz CT molecular complexity index is 686. The number of benzene rings is 2. The highest BCUT2D eigenvalue weighted by Gasteiger charge is 2.27. The summed E-state index contributed by atoms with van der Waals surface area (Å²) in [7, 11) is 0. The van der Waals surface area contributed by atoms with Gasteiger partial charge in [0.05, 0.1) is 6.10 Å². The lowest BCUT2D eigenvalue weighted by atomic mass is 9.84. The number of hydrogen-bond donors (Lipinski definition) is 1. The lowest BCUT2D eigenvalue weighted by molar-refractivity contribution is 0.0979. The van der Waals surface area contributed by atoms with Crippen molar-refractivity contribution in [3.63, 3.8) is 0 Å². The van der Waals surface area contributed by atoms with Crippen LogP contribution in [0, 0.1) is 5.82 Å². The van der Waals surface area contributed by atoms with Gasteiger partial charge in [-0.1, -0.05) is 36.4 Å². The molecule has 1 aliphatic rings. The van der Waals surface area contributed by atoms with E-state index in [1.54, 1.807) is 36.4 Å². The molecule has 3 heteroatoms. The van der Waals surface area contributed by atoms with Crippen molar-refractivity contribution < 1.29 is 14.3 Å². The van der Waals surface area contributed by atoms with Crippen LogP contribution in [0.4, 0.5) is 4.39 Å². The molecule has 0 bridgehead atoms. The van der Waals surface area contributed by atoms with E-state index in [1.807, 2.05) is 6.07 Å². The van der Waals surface area contributed by atoms with Crippen LogP contribution >= 0.6 is 0 Å². The second kappa shape index (κ2) is 5.02. The zero-order chi connectivity index (χ0) is 14.1. The molecule has 20 heavy (non-hydrogen) atoms. The Morgan fingerprint density at radius 3 is 2.55 bits per heavy atom. The van der Waals surface area contributed by atoms with Crippen molar-refractivity contribution >= 4 is 11.9 Å². The molecule has 0 radical (unpaired) electrons. The van der Waals surface area contributed by atoms with Gasteiger partial charge < -0.3 is 5.11 Å². The van der Waals surface area contributed by atoms with E-state index in [2.05, 4.69) is 0 Å². The van der Waals surface area contributed by atoms with Crippen LogP contribution in [0.5, 0.6) is 0 Å². The van der Waals surface area contributed by atoms with Gasteiger partial charge in [0.15, 0.2) is 5.78 Å². The van der Waals surface area contributed by atoms with Crippen molar-refractivity contribution in [2.75, 3.05) is 0 Å². The second-order valence-electron chi connectivity index (χ2n) is 4.86. The lowest BCUT2D eigenvalue weighted by Crippen LogP contribution is -2.18. The molecule has 0 fully saturated rings. The minimum absolute atomic E-state index is 0.0739. The van der Waals surface area contributed by atoms with Crippen LogP contribution in [0.3, 0.4) is 0 Å². The van der Waals surface area contributed by atoms with Crippen LogP contribution in [0.15, 0.2) is 54.1 Å². The maximum Gasteiger partial charge on any atom is 0.189 e. The summed E-state index contributed by atoms with van der Waals surface area (Å²) in [6, 6.07) is 13.0. The highest BCUT2D eigenvalue weighted by atomic mass is 19.1. The van der Waals surface area contributed by atoms with Crippen molar-refractivity contribution in [3.05, 3.63) is 76.6 Å². The van der Waals surface area contributed by atoms with Crippen molar-refractivity contribution in [1.82, 2.24) is 0 Å². The Balaban J connectivity index is 2.01. The van der Waals surface area contributed by atoms with E-state index in [9.17, 15) is 14.3 Å². The number of fused-ring (bicyclic) bond motifs is 1. The zero-order valence-corrected chi connectivity index (χ0v) is 10.7. The van der Waals surface area contributed by atoms with Crippen molar-refractivity contribution in [3.8, 4) is 0 Å². The summed E-state index contributed by atoms with van der Waals surface area (Å²) in [5.74, 6) is -0.386. The van der Waals surface area contributed by atoms with Gasteiger partial charge in [0.1, 0.15) is 5.82 Å². The fourth-order valence-electron chi connectivity index (χ4n) is 2.46. The second-order valence-corrected chi connectivity index (χ2v) is 4.86. The first kappa shape index (κ1) is 12.8. The van der Waals surface area contributed by atoms with Crippen molar-refractivity contribution in [2.45, 2.75) is 12.5 Å². The van der Waals surface area contributed by atoms with E-state index >= 15 is 0 Å². The number of carbonyl (C=O) groups excluding carboxylic acids is 1. The molecule has 3 rings (SSSR count). The summed E-state index contributed by atoms with van der Waals surface area (Å²) in [6.07, 6.45) is 1.32. The molecule has 1 N–H and O–H groups in total. The summed E-state index contributed by atoms with van der Waals surface area (Å²) in [5.41, 5.74) is 2.51. The average Bonchev–Trinajstić information content (AvgIpc) is 2.47. The van der Waals surface area contributed by atoms with Gasteiger partial charge in [-0.25, -0.2) is 4.39 Å². The molecule has 0 saturated carbocycles. The SMILES string of the molecule is O=C1/C(=C/c2ccc(F)cc2)C[C@H](O)c2ccccc21. The highest BCUT2D eigenvalue weighted by Crippen LogP contribution is 2.33. The third-order valence-electron chi connectivity index (χ3n) is 3.48. The number of aliphatic hydroxyl groups excluding tert-OH is 1. The third-order valence-corrected chi connectivity index (χ3v) is 3.48. The van der Waals surface area contributed by atoms with Crippen LogP contribution in [0.2, 0.25) is 0 Å². The number of halogens is 1. The summed E-state index contributed by atoms with van der Waals surface area (Å²) in [5, 5.41) is 10.1. The fourth-order valence-corrected chi connectivity index (χ4v) is 2.46. The first-order valence-corrected chi connectivity index (χ1v) is 6.43. The normalized spacial score (nSPS) is 20.0. The minimum Gasteiger partial charge on any atom is -0.388 e. The molecule has 0 unspecified atom stereocenters. The van der Waals surface area contributed by atoms with E-state index in [0.717, 1.165) is 5.56 Å². The van der Waals surface area contributed by atoms with Crippen LogP contribution in [0.25, 0.3) is 6.08 Å². The third kappa shape index (κ3) is 2.28. The molecule has 1 atom stereocenters. The predicted octanol–water partition coefficient (Wildman–Crippen LogP) is 3.53. The van der Waals surface area contributed by atoms with Gasteiger partial charge in [-0.3, -0.25) is 4.79 Å². The molecule has 0 spiro atoms. The molecule has 0 aromatic heterocycles. The fraction of sp³-hybridized carbons (Fsp3) is 0.118. The number of aliphatic hydroxyl groups is 1. The first-order chi connectivity index (χ1) is 9.65. The smallest absolute Gasteiger partial charge is 0.189 e. The quantitative estimate of drug-likeness (QED) is 0.803. The number of ketones is 1. The molecular weight excluding hydrogens is 255 g/mol. The summed E-state index contributed by atoms with van der Waals surface area (Å²) in [4.78, 5) is 12.4. The van der Waals surface area contributed by atoms with Gasteiger partial charge in [0.2, 0.25) is 0 Å². The van der Waals surface area contributed by atoms with Gasteiger partial charge in [-0.05, 0) is 29.3 Å². The summed E-state index contributed by atoms with van der Waals surface area (Å²) in [6.45, 7) is 0. The molecule has 100 valence electrons. The molecule has 0 amide bonds. The van der Waals surface area contributed by atoms with E-state index in [4.69, 9.17) is 0 Å². The van der Waals surface area contributed by atoms with Crippen molar-refractivity contribution in [1.29, 1.82) is 0 Å². The maximum atomic E-state index is 12.9.